The molecule has 0 N–H and O–H groups in total. The number of rotatable bonds is 10. The van der Waals surface area contributed by atoms with E-state index in [0.717, 1.165) is 35.9 Å². The molecule has 0 aliphatic heterocycles. The Balaban J connectivity index is 1.49. The number of thioether (sulfide) groups is 1. The van der Waals surface area contributed by atoms with Crippen molar-refractivity contribution in [1.82, 2.24) is 14.8 Å². The van der Waals surface area contributed by atoms with Crippen molar-refractivity contribution >= 4 is 18.0 Å². The Bertz CT molecular complexity index is 913. The van der Waals surface area contributed by atoms with Crippen LogP contribution in [0.3, 0.4) is 0 Å². The largest absolute Gasteiger partial charge is 0.493 e. The highest BCUT2D eigenvalue weighted by atomic mass is 32.2. The fraction of sp³-hybridized carbons (Fsp3) is 0.286. The summed E-state index contributed by atoms with van der Waals surface area (Å²) in [6.45, 7) is 0.489. The van der Waals surface area contributed by atoms with E-state index in [0.29, 0.717) is 23.7 Å². The fourth-order valence-corrected chi connectivity index (χ4v) is 3.58. The van der Waals surface area contributed by atoms with Gasteiger partial charge in [-0.3, -0.25) is 4.79 Å². The monoisotopic (exact) mass is 397 g/mol. The lowest BCUT2D eigenvalue weighted by Crippen LogP contribution is -2.04. The molecule has 146 valence electrons. The Kier molecular flexibility index (Phi) is 7.08. The molecule has 0 saturated heterocycles. The predicted molar refractivity (Wildman–Crippen MR) is 109 cm³/mol. The van der Waals surface area contributed by atoms with Crippen LogP contribution in [-0.4, -0.2) is 40.5 Å². The smallest absolute Gasteiger partial charge is 0.190 e. The molecule has 3 rings (SSSR count). The van der Waals surface area contributed by atoms with Crippen LogP contribution in [0, 0.1) is 0 Å². The van der Waals surface area contributed by atoms with Crippen LogP contribution in [0.4, 0.5) is 0 Å². The highest BCUT2D eigenvalue weighted by molar-refractivity contribution is 7.99. The molecule has 0 spiro atoms. The molecule has 28 heavy (non-hydrogen) atoms. The second-order valence-corrected chi connectivity index (χ2v) is 7.23. The highest BCUT2D eigenvalue weighted by Crippen LogP contribution is 2.30. The number of hydrogen-bond acceptors (Lipinski definition) is 6. The molecule has 1 heterocycles. The third kappa shape index (κ3) is 4.92. The van der Waals surface area contributed by atoms with E-state index in [9.17, 15) is 4.79 Å². The third-order valence-electron chi connectivity index (χ3n) is 4.25. The first-order valence-electron chi connectivity index (χ1n) is 9.03. The van der Waals surface area contributed by atoms with Crippen LogP contribution in [0.1, 0.15) is 28.2 Å². The number of methoxy groups -OCH3 is 1. The first-order valence-corrected chi connectivity index (χ1v) is 10.0. The molecule has 0 unspecified atom stereocenters. The van der Waals surface area contributed by atoms with Gasteiger partial charge in [0.15, 0.2) is 22.9 Å². The number of ether oxygens (including phenoxy) is 2. The maximum absolute atomic E-state index is 11.2. The van der Waals surface area contributed by atoms with Crippen molar-refractivity contribution in [3.63, 3.8) is 0 Å². The first kappa shape index (κ1) is 19.9. The molecule has 0 atom stereocenters. The molecule has 6 nitrogen and oxygen atoms in total. The number of aldehydes is 1. The van der Waals surface area contributed by atoms with E-state index in [1.165, 1.54) is 5.56 Å². The summed E-state index contributed by atoms with van der Waals surface area (Å²) in [7, 11) is 3.55. The zero-order valence-electron chi connectivity index (χ0n) is 16.0. The molecule has 7 heteroatoms. The van der Waals surface area contributed by atoms with Crippen molar-refractivity contribution in [3.8, 4) is 11.5 Å². The van der Waals surface area contributed by atoms with Crippen molar-refractivity contribution in [2.24, 2.45) is 7.05 Å². The molecule has 2 aromatic carbocycles. The summed E-state index contributed by atoms with van der Waals surface area (Å²) in [4.78, 5) is 11.2. The van der Waals surface area contributed by atoms with E-state index < -0.39 is 0 Å². The minimum Gasteiger partial charge on any atom is -0.493 e. The van der Waals surface area contributed by atoms with Gasteiger partial charge in [0.05, 0.1) is 19.3 Å². The van der Waals surface area contributed by atoms with Gasteiger partial charge in [-0.1, -0.05) is 48.2 Å². The Morgan fingerprint density at radius 2 is 1.93 bits per heavy atom. The summed E-state index contributed by atoms with van der Waals surface area (Å²) in [5.74, 6) is 2.84. The maximum atomic E-state index is 11.2. The van der Waals surface area contributed by atoms with Crippen molar-refractivity contribution in [3.05, 3.63) is 65.5 Å². The van der Waals surface area contributed by atoms with E-state index in [2.05, 4.69) is 22.3 Å². The zero-order valence-corrected chi connectivity index (χ0v) is 16.8. The molecule has 0 saturated carbocycles. The first-order chi connectivity index (χ1) is 13.7. The second kappa shape index (κ2) is 9.94. The van der Waals surface area contributed by atoms with Gasteiger partial charge in [0.1, 0.15) is 5.82 Å². The van der Waals surface area contributed by atoms with E-state index in [4.69, 9.17) is 9.47 Å². The second-order valence-electron chi connectivity index (χ2n) is 6.17. The zero-order chi connectivity index (χ0) is 19.8. The van der Waals surface area contributed by atoms with Gasteiger partial charge in [0.25, 0.3) is 0 Å². The molecule has 0 radical (unpaired) electrons. The molecule has 0 aliphatic rings. The van der Waals surface area contributed by atoms with Crippen molar-refractivity contribution in [2.45, 2.75) is 18.0 Å². The van der Waals surface area contributed by atoms with Gasteiger partial charge in [-0.25, -0.2) is 0 Å². The molecule has 3 aromatic rings. The van der Waals surface area contributed by atoms with Gasteiger partial charge >= 0.3 is 0 Å². The van der Waals surface area contributed by atoms with Gasteiger partial charge in [-0.2, -0.15) is 0 Å². The quantitative estimate of drug-likeness (QED) is 0.295. The van der Waals surface area contributed by atoms with Crippen LogP contribution in [0.5, 0.6) is 11.5 Å². The normalized spacial score (nSPS) is 10.6. The molecule has 0 aliphatic carbocycles. The summed E-state index contributed by atoms with van der Waals surface area (Å²) in [5.41, 5.74) is 1.71. The Morgan fingerprint density at radius 3 is 2.68 bits per heavy atom. The average Bonchev–Trinajstić information content (AvgIpc) is 3.07. The van der Waals surface area contributed by atoms with Crippen LogP contribution in [-0.2, 0) is 13.5 Å². The average molecular weight is 398 g/mol. The van der Waals surface area contributed by atoms with Gasteiger partial charge in [0.2, 0.25) is 0 Å². The van der Waals surface area contributed by atoms with Crippen LogP contribution < -0.4 is 9.47 Å². The number of carbonyl (C=O) groups excluding carboxylic acids is 1. The van der Waals surface area contributed by atoms with Crippen LogP contribution in [0.15, 0.2) is 53.7 Å². The topological polar surface area (TPSA) is 66.2 Å². The minimum atomic E-state index is 0.489. The van der Waals surface area contributed by atoms with E-state index >= 15 is 0 Å². The maximum Gasteiger partial charge on any atom is 0.190 e. The van der Waals surface area contributed by atoms with Crippen LogP contribution in [0.25, 0.3) is 0 Å². The number of benzene rings is 2. The third-order valence-corrected chi connectivity index (χ3v) is 5.36. The van der Waals surface area contributed by atoms with Crippen molar-refractivity contribution in [1.29, 1.82) is 0 Å². The van der Waals surface area contributed by atoms with Crippen LogP contribution >= 0.6 is 11.8 Å². The van der Waals surface area contributed by atoms with Gasteiger partial charge in [-0.05, 0) is 24.1 Å². The number of hydrogen-bond donors (Lipinski definition) is 0. The van der Waals surface area contributed by atoms with E-state index in [1.54, 1.807) is 37.1 Å². The van der Waals surface area contributed by atoms with Crippen LogP contribution in [0.2, 0.25) is 0 Å². The van der Waals surface area contributed by atoms with E-state index in [1.807, 2.05) is 29.8 Å². The molecule has 1 aromatic heterocycles. The highest BCUT2D eigenvalue weighted by Gasteiger charge is 2.11. The van der Waals surface area contributed by atoms with Gasteiger partial charge in [0, 0.05) is 19.2 Å². The van der Waals surface area contributed by atoms with Gasteiger partial charge < -0.3 is 14.0 Å². The number of nitrogens with zero attached hydrogens (tertiary/aromatic N) is 3. The Labute approximate surface area is 168 Å². The number of carbonyl (C=O) groups is 1. The molecule has 0 bridgehead atoms. The summed E-state index contributed by atoms with van der Waals surface area (Å²) < 4.78 is 13.1. The Morgan fingerprint density at radius 1 is 1.11 bits per heavy atom. The molecular formula is C21H23N3O3S. The summed E-state index contributed by atoms with van der Waals surface area (Å²) in [6.07, 6.45) is 2.35. The van der Waals surface area contributed by atoms with Crippen molar-refractivity contribution in [2.75, 3.05) is 19.5 Å². The summed E-state index contributed by atoms with van der Waals surface area (Å²) in [5, 5.41) is 9.49. The standard InChI is InChI=1S/C21H23N3O3S/c1-24-19(14-16-8-4-3-5-9-16)22-23-21(24)28-13-7-12-27-20-17(15-25)10-6-11-18(20)26-2/h3-6,8-11,15H,7,12-14H2,1-2H3. The molecule has 0 fully saturated rings. The fourth-order valence-electron chi connectivity index (χ4n) is 2.74. The lowest BCUT2D eigenvalue weighted by Gasteiger charge is -2.12. The SMILES string of the molecule is COc1cccc(C=O)c1OCCCSc1nnc(Cc2ccccc2)n1C. The summed E-state index contributed by atoms with van der Waals surface area (Å²) in [6, 6.07) is 15.5. The molecule has 0 amide bonds. The Hall–Kier alpha value is -2.80. The van der Waals surface area contributed by atoms with Crippen molar-refractivity contribution < 1.29 is 14.3 Å². The molecular weight excluding hydrogens is 374 g/mol. The summed E-state index contributed by atoms with van der Waals surface area (Å²) >= 11 is 1.64. The number of para-hydroxylation sites is 1. The predicted octanol–water partition coefficient (Wildman–Crippen LogP) is 3.79. The minimum absolute atomic E-state index is 0.489. The lowest BCUT2D eigenvalue weighted by molar-refractivity contribution is 0.111. The van der Waals surface area contributed by atoms with Gasteiger partial charge in [-0.15, -0.1) is 10.2 Å². The lowest BCUT2D eigenvalue weighted by atomic mass is 10.1. The number of aromatic nitrogens is 3. The van der Waals surface area contributed by atoms with E-state index in [-0.39, 0.29) is 0 Å².